The number of nitrogens with one attached hydrogen (secondary N) is 1. The van der Waals surface area contributed by atoms with Gasteiger partial charge in [0, 0.05) is 18.6 Å². The first-order valence-electron chi connectivity index (χ1n) is 5.71. The highest BCUT2D eigenvalue weighted by molar-refractivity contribution is 7.14. The van der Waals surface area contributed by atoms with Gasteiger partial charge < -0.3 is 15.3 Å². The van der Waals surface area contributed by atoms with Crippen LogP contribution in [0.4, 0.5) is 5.00 Å². The molecule has 2 atom stereocenters. The molecule has 0 spiro atoms. The fourth-order valence-corrected chi connectivity index (χ4v) is 2.86. The maximum absolute atomic E-state index is 10.9. The van der Waals surface area contributed by atoms with Gasteiger partial charge in [-0.05, 0) is 26.8 Å². The maximum Gasteiger partial charge on any atom is 0.357 e. The van der Waals surface area contributed by atoms with Crippen molar-refractivity contribution in [1.82, 2.24) is 9.88 Å². The SMILES string of the molecule is CC1CC(Nc2scnc2C(=O)O)CCN1C. The van der Waals surface area contributed by atoms with Gasteiger partial charge in [-0.2, -0.15) is 0 Å². The topological polar surface area (TPSA) is 65.5 Å². The Labute approximate surface area is 104 Å². The molecule has 1 aromatic rings. The van der Waals surface area contributed by atoms with Gasteiger partial charge in [-0.25, -0.2) is 9.78 Å². The highest BCUT2D eigenvalue weighted by atomic mass is 32.1. The number of rotatable bonds is 3. The summed E-state index contributed by atoms with van der Waals surface area (Å²) in [5.41, 5.74) is 1.71. The zero-order valence-corrected chi connectivity index (χ0v) is 10.8. The van der Waals surface area contributed by atoms with Crippen LogP contribution in [0.15, 0.2) is 5.51 Å². The largest absolute Gasteiger partial charge is 0.476 e. The second-order valence-corrected chi connectivity index (χ2v) is 5.39. The van der Waals surface area contributed by atoms with E-state index in [4.69, 9.17) is 5.11 Å². The normalized spacial score (nSPS) is 25.8. The number of anilines is 1. The zero-order chi connectivity index (χ0) is 12.4. The molecule has 1 aliphatic rings. The minimum Gasteiger partial charge on any atom is -0.476 e. The van der Waals surface area contributed by atoms with E-state index in [1.54, 1.807) is 5.51 Å². The van der Waals surface area contributed by atoms with Gasteiger partial charge >= 0.3 is 5.97 Å². The van der Waals surface area contributed by atoms with Crippen LogP contribution in [0.1, 0.15) is 30.3 Å². The van der Waals surface area contributed by atoms with Gasteiger partial charge in [-0.1, -0.05) is 0 Å². The maximum atomic E-state index is 10.9. The van der Waals surface area contributed by atoms with Gasteiger partial charge in [-0.3, -0.25) is 0 Å². The summed E-state index contributed by atoms with van der Waals surface area (Å²) in [5.74, 6) is -0.963. The first-order chi connectivity index (χ1) is 8.08. The van der Waals surface area contributed by atoms with E-state index in [-0.39, 0.29) is 5.69 Å². The summed E-state index contributed by atoms with van der Waals surface area (Å²) in [5, 5.41) is 13.0. The van der Waals surface area contributed by atoms with Gasteiger partial charge in [0.2, 0.25) is 0 Å². The molecule has 2 rings (SSSR count). The zero-order valence-electron chi connectivity index (χ0n) is 10.0. The van der Waals surface area contributed by atoms with E-state index in [1.807, 2.05) is 0 Å². The minimum atomic E-state index is -0.963. The predicted octanol–water partition coefficient (Wildman–Crippen LogP) is 1.74. The van der Waals surface area contributed by atoms with Crippen LogP contribution in [0.5, 0.6) is 0 Å². The van der Waals surface area contributed by atoms with Crippen molar-refractivity contribution in [2.45, 2.75) is 31.8 Å². The molecule has 94 valence electrons. The number of nitrogens with zero attached hydrogens (tertiary/aromatic N) is 2. The van der Waals surface area contributed by atoms with Gasteiger partial charge in [0.15, 0.2) is 5.69 Å². The van der Waals surface area contributed by atoms with Crippen LogP contribution in [-0.2, 0) is 0 Å². The summed E-state index contributed by atoms with van der Waals surface area (Å²) in [6, 6.07) is 0.877. The van der Waals surface area contributed by atoms with E-state index in [0.717, 1.165) is 19.4 Å². The van der Waals surface area contributed by atoms with Gasteiger partial charge in [0.05, 0.1) is 5.51 Å². The van der Waals surface area contributed by atoms with Crippen LogP contribution in [-0.4, -0.2) is 46.6 Å². The molecular formula is C11H17N3O2S. The van der Waals surface area contributed by atoms with Crippen LogP contribution in [0.2, 0.25) is 0 Å². The molecule has 5 nitrogen and oxygen atoms in total. The molecule has 1 saturated heterocycles. The first kappa shape index (κ1) is 12.3. The van der Waals surface area contributed by atoms with Crippen LogP contribution in [0.3, 0.4) is 0 Å². The number of aromatic carboxylic acids is 1. The average Bonchev–Trinajstić information content (AvgIpc) is 2.72. The number of likely N-dealkylation sites (tertiary alicyclic amines) is 1. The lowest BCUT2D eigenvalue weighted by atomic mass is 9.99. The van der Waals surface area contributed by atoms with Gasteiger partial charge in [0.25, 0.3) is 0 Å². The Morgan fingerprint density at radius 2 is 2.47 bits per heavy atom. The van der Waals surface area contributed by atoms with E-state index in [2.05, 4.69) is 29.2 Å². The third kappa shape index (κ3) is 2.76. The van der Waals surface area contributed by atoms with Crippen molar-refractivity contribution in [2.75, 3.05) is 18.9 Å². The molecule has 0 radical (unpaired) electrons. The van der Waals surface area contributed by atoms with E-state index < -0.39 is 5.97 Å². The smallest absolute Gasteiger partial charge is 0.357 e. The highest BCUT2D eigenvalue weighted by Gasteiger charge is 2.24. The second-order valence-electron chi connectivity index (χ2n) is 4.53. The average molecular weight is 255 g/mol. The number of hydrogen-bond acceptors (Lipinski definition) is 5. The Kier molecular flexibility index (Phi) is 3.63. The molecule has 0 saturated carbocycles. The molecule has 2 unspecified atom stereocenters. The highest BCUT2D eigenvalue weighted by Crippen LogP contribution is 2.25. The minimum absolute atomic E-state index is 0.140. The Bertz CT molecular complexity index is 407. The summed E-state index contributed by atoms with van der Waals surface area (Å²) in [6.07, 6.45) is 2.07. The Hall–Kier alpha value is -1.14. The monoisotopic (exact) mass is 255 g/mol. The fourth-order valence-electron chi connectivity index (χ4n) is 2.11. The predicted molar refractivity (Wildman–Crippen MR) is 67.8 cm³/mol. The molecule has 0 amide bonds. The number of aromatic nitrogens is 1. The first-order valence-corrected chi connectivity index (χ1v) is 6.59. The molecule has 6 heteroatoms. The molecule has 2 heterocycles. The van der Waals surface area contributed by atoms with Crippen molar-refractivity contribution < 1.29 is 9.90 Å². The molecule has 0 aromatic carbocycles. The molecular weight excluding hydrogens is 238 g/mol. The van der Waals surface area contributed by atoms with Crippen molar-refractivity contribution in [3.63, 3.8) is 0 Å². The summed E-state index contributed by atoms with van der Waals surface area (Å²) >= 11 is 1.36. The van der Waals surface area contributed by atoms with Crippen LogP contribution >= 0.6 is 11.3 Å². The Morgan fingerprint density at radius 1 is 1.71 bits per heavy atom. The summed E-state index contributed by atoms with van der Waals surface area (Å²) in [7, 11) is 2.12. The lowest BCUT2D eigenvalue weighted by Crippen LogP contribution is -2.42. The molecule has 0 bridgehead atoms. The van der Waals surface area contributed by atoms with Crippen molar-refractivity contribution >= 4 is 22.3 Å². The standard InChI is InChI=1S/C11H17N3O2S/c1-7-5-8(3-4-14(7)2)13-10-9(11(15)16)12-6-17-10/h6-8,13H,3-5H2,1-2H3,(H,15,16). The molecule has 17 heavy (non-hydrogen) atoms. The van der Waals surface area contributed by atoms with E-state index in [1.165, 1.54) is 11.3 Å². The Morgan fingerprint density at radius 3 is 3.12 bits per heavy atom. The number of carbonyl (C=O) groups is 1. The van der Waals surface area contributed by atoms with Crippen LogP contribution in [0, 0.1) is 0 Å². The number of carboxylic acids is 1. The molecule has 2 N–H and O–H groups in total. The van der Waals surface area contributed by atoms with Gasteiger partial charge in [0.1, 0.15) is 5.00 Å². The third-order valence-electron chi connectivity index (χ3n) is 3.31. The number of piperidine rings is 1. The summed E-state index contributed by atoms with van der Waals surface area (Å²) in [4.78, 5) is 17.1. The Balaban J connectivity index is 2.01. The number of carboxylic acid groups (broad SMARTS) is 1. The van der Waals surface area contributed by atoms with Crippen LogP contribution < -0.4 is 5.32 Å². The van der Waals surface area contributed by atoms with E-state index in [0.29, 0.717) is 17.1 Å². The third-order valence-corrected chi connectivity index (χ3v) is 4.07. The van der Waals surface area contributed by atoms with E-state index >= 15 is 0 Å². The summed E-state index contributed by atoms with van der Waals surface area (Å²) < 4.78 is 0. The molecule has 1 fully saturated rings. The lowest BCUT2D eigenvalue weighted by molar-refractivity contribution is 0.0692. The second kappa shape index (κ2) is 5.01. The fraction of sp³-hybridized carbons (Fsp3) is 0.636. The molecule has 1 aromatic heterocycles. The van der Waals surface area contributed by atoms with Crippen molar-refractivity contribution in [3.8, 4) is 0 Å². The quantitative estimate of drug-likeness (QED) is 0.861. The van der Waals surface area contributed by atoms with Crippen molar-refractivity contribution in [2.24, 2.45) is 0 Å². The van der Waals surface area contributed by atoms with Crippen molar-refractivity contribution in [3.05, 3.63) is 11.2 Å². The molecule has 0 aliphatic carbocycles. The van der Waals surface area contributed by atoms with Gasteiger partial charge in [-0.15, -0.1) is 11.3 Å². The van der Waals surface area contributed by atoms with Crippen molar-refractivity contribution in [1.29, 1.82) is 0 Å². The summed E-state index contributed by atoms with van der Waals surface area (Å²) in [6.45, 7) is 3.23. The number of hydrogen-bond donors (Lipinski definition) is 2. The molecule has 1 aliphatic heterocycles. The number of thiazole rings is 1. The van der Waals surface area contributed by atoms with E-state index in [9.17, 15) is 4.79 Å². The lowest BCUT2D eigenvalue weighted by Gasteiger charge is -2.35. The van der Waals surface area contributed by atoms with Crippen LogP contribution in [0.25, 0.3) is 0 Å².